The van der Waals surface area contributed by atoms with Crippen LogP contribution in [0.5, 0.6) is 0 Å². The van der Waals surface area contributed by atoms with Crippen LogP contribution in [0.3, 0.4) is 0 Å². The molecule has 8 heteroatoms. The Labute approximate surface area is 139 Å². The van der Waals surface area contributed by atoms with E-state index in [1.165, 1.54) is 17.9 Å². The maximum absolute atomic E-state index is 13.9. The van der Waals surface area contributed by atoms with Gasteiger partial charge in [-0.05, 0) is 11.6 Å². The van der Waals surface area contributed by atoms with Crippen molar-refractivity contribution in [2.75, 3.05) is 19.5 Å². The van der Waals surface area contributed by atoms with E-state index in [4.69, 9.17) is 28.5 Å². The third-order valence-corrected chi connectivity index (χ3v) is 3.51. The summed E-state index contributed by atoms with van der Waals surface area (Å²) in [6, 6.07) is 0. The van der Waals surface area contributed by atoms with E-state index in [0.717, 1.165) is 0 Å². The molecule has 0 saturated carbocycles. The van der Waals surface area contributed by atoms with Gasteiger partial charge in [0.2, 0.25) is 5.28 Å². The Morgan fingerprint density at radius 3 is 2.70 bits per heavy atom. The predicted octanol–water partition coefficient (Wildman–Crippen LogP) is 2.23. The van der Waals surface area contributed by atoms with E-state index in [9.17, 15) is 9.50 Å². The first-order chi connectivity index (χ1) is 11.0. The molecule has 0 aliphatic carbocycles. The number of nitrogens with two attached hydrogens (primary N) is 1. The third-order valence-electron chi connectivity index (χ3n) is 3.34. The summed E-state index contributed by atoms with van der Waals surface area (Å²) in [6.45, 7) is 3.92. The number of nitrogens with zero attached hydrogens (tertiary/aromatic N) is 3. The number of aliphatic hydroxyl groups excluding tert-OH is 1. The Balaban J connectivity index is 0.00000127. The minimum Gasteiger partial charge on any atom is -0.392 e. The fourth-order valence-electron chi connectivity index (χ4n) is 2.03. The molecule has 0 bridgehead atoms. The van der Waals surface area contributed by atoms with Crippen LogP contribution in [0, 0.1) is 18.2 Å². The zero-order chi connectivity index (χ0) is 17.6. The van der Waals surface area contributed by atoms with Gasteiger partial charge in [-0.25, -0.2) is 9.37 Å². The fraction of sp³-hybridized carbons (Fsp3) is 0.467. The number of hydrogen-bond acceptors (Lipinski definition) is 5. The van der Waals surface area contributed by atoms with E-state index in [-0.39, 0.29) is 41.7 Å². The van der Waals surface area contributed by atoms with E-state index in [1.54, 1.807) is 0 Å². The van der Waals surface area contributed by atoms with E-state index >= 15 is 0 Å². The summed E-state index contributed by atoms with van der Waals surface area (Å²) in [7, 11) is 1.40. The lowest BCUT2D eigenvalue weighted by Gasteiger charge is -2.24. The molecule has 2 aromatic heterocycles. The molecule has 0 aliphatic heterocycles. The van der Waals surface area contributed by atoms with Gasteiger partial charge >= 0.3 is 0 Å². The zero-order valence-electron chi connectivity index (χ0n) is 13.3. The van der Waals surface area contributed by atoms with Crippen LogP contribution < -0.4 is 5.73 Å². The number of nitrogen functional groups attached to an aromatic ring is 1. The van der Waals surface area contributed by atoms with Crippen LogP contribution in [-0.2, 0) is 11.3 Å². The number of hydrogen-bond donors (Lipinski definition) is 2. The molecule has 2 heterocycles. The van der Waals surface area contributed by atoms with Crippen molar-refractivity contribution < 1.29 is 14.2 Å². The highest BCUT2D eigenvalue weighted by atomic mass is 35.5. The molecule has 1 unspecified atom stereocenters. The van der Waals surface area contributed by atoms with Gasteiger partial charge in [0.05, 0.1) is 12.0 Å². The third kappa shape index (κ3) is 3.91. The molecule has 0 radical (unpaired) electrons. The van der Waals surface area contributed by atoms with Crippen LogP contribution in [0.25, 0.3) is 11.0 Å². The standard InChI is InChI=1S/C13H14ClFN4O2.C2H6/c1-3-13(7-20,21-2)4-5-19-6-8(15)9-10(16)17-12(14)18-11(9)19;1-2/h1,6,20H,4-5,7H2,2H3,(H2,16,17,18);1-2H3. The first kappa shape index (κ1) is 19.2. The minimum absolute atomic E-state index is 0.0293. The number of terminal acetylenes is 1. The molecule has 3 N–H and O–H groups in total. The second kappa shape index (κ2) is 8.11. The number of rotatable bonds is 5. The Morgan fingerprint density at radius 2 is 2.17 bits per heavy atom. The number of aliphatic hydroxyl groups is 1. The maximum Gasteiger partial charge on any atom is 0.226 e. The molecule has 0 fully saturated rings. The van der Waals surface area contributed by atoms with Crippen molar-refractivity contribution in [1.29, 1.82) is 0 Å². The highest BCUT2D eigenvalue weighted by molar-refractivity contribution is 6.28. The summed E-state index contributed by atoms with van der Waals surface area (Å²) < 4.78 is 20.6. The summed E-state index contributed by atoms with van der Waals surface area (Å²) in [5.74, 6) is 1.82. The monoisotopic (exact) mass is 342 g/mol. The van der Waals surface area contributed by atoms with E-state index in [0.29, 0.717) is 0 Å². The second-order valence-electron chi connectivity index (χ2n) is 4.50. The summed E-state index contributed by atoms with van der Waals surface area (Å²) in [5, 5.41) is 9.37. The summed E-state index contributed by atoms with van der Waals surface area (Å²) >= 11 is 5.74. The average molecular weight is 343 g/mol. The summed E-state index contributed by atoms with van der Waals surface area (Å²) in [5.41, 5.74) is 4.78. The first-order valence-electron chi connectivity index (χ1n) is 7.07. The van der Waals surface area contributed by atoms with Crippen LogP contribution in [0.4, 0.5) is 10.2 Å². The first-order valence-corrected chi connectivity index (χ1v) is 7.45. The normalized spacial score (nSPS) is 13.1. The lowest BCUT2D eigenvalue weighted by Crippen LogP contribution is -2.35. The van der Waals surface area contributed by atoms with E-state index < -0.39 is 11.4 Å². The number of halogens is 2. The molecule has 0 aromatic carbocycles. The Kier molecular flexibility index (Phi) is 6.76. The number of anilines is 1. The van der Waals surface area contributed by atoms with Crippen molar-refractivity contribution in [2.45, 2.75) is 32.4 Å². The van der Waals surface area contributed by atoms with Gasteiger partial charge < -0.3 is 20.1 Å². The minimum atomic E-state index is -1.13. The molecular formula is C15H20ClFN4O2. The lowest BCUT2D eigenvalue weighted by molar-refractivity contribution is -0.0147. The molecule has 23 heavy (non-hydrogen) atoms. The molecule has 0 saturated heterocycles. The van der Waals surface area contributed by atoms with Crippen molar-refractivity contribution in [1.82, 2.24) is 14.5 Å². The number of aromatic nitrogens is 3. The number of ether oxygens (including phenoxy) is 1. The Morgan fingerprint density at radius 1 is 1.52 bits per heavy atom. The van der Waals surface area contributed by atoms with Crippen LogP contribution in [0.15, 0.2) is 6.20 Å². The SMILES string of the molecule is C#CC(CO)(CCn1cc(F)c2c(N)nc(Cl)nc21)OC.CC. The molecule has 0 amide bonds. The van der Waals surface area contributed by atoms with Gasteiger partial charge in [-0.15, -0.1) is 6.42 Å². The molecule has 2 aromatic rings. The van der Waals surface area contributed by atoms with Crippen molar-refractivity contribution >= 4 is 28.5 Å². The van der Waals surface area contributed by atoms with Crippen molar-refractivity contribution in [3.63, 3.8) is 0 Å². The van der Waals surface area contributed by atoms with Crippen LogP contribution in [0.2, 0.25) is 5.28 Å². The van der Waals surface area contributed by atoms with Gasteiger partial charge in [-0.3, -0.25) is 0 Å². The topological polar surface area (TPSA) is 86.2 Å². The molecular weight excluding hydrogens is 323 g/mol. The molecule has 6 nitrogen and oxygen atoms in total. The second-order valence-corrected chi connectivity index (χ2v) is 4.84. The van der Waals surface area contributed by atoms with Gasteiger partial charge in [0, 0.05) is 26.3 Å². The van der Waals surface area contributed by atoms with Gasteiger partial charge in [0.15, 0.2) is 11.4 Å². The van der Waals surface area contributed by atoms with Gasteiger partial charge in [-0.1, -0.05) is 19.8 Å². The van der Waals surface area contributed by atoms with Crippen molar-refractivity contribution in [3.8, 4) is 12.3 Å². The average Bonchev–Trinajstić information content (AvgIpc) is 2.87. The molecule has 126 valence electrons. The lowest BCUT2D eigenvalue weighted by atomic mass is 10.0. The highest BCUT2D eigenvalue weighted by Gasteiger charge is 2.27. The van der Waals surface area contributed by atoms with Crippen molar-refractivity contribution in [2.24, 2.45) is 0 Å². The van der Waals surface area contributed by atoms with Crippen LogP contribution >= 0.6 is 11.6 Å². The summed E-state index contributed by atoms with van der Waals surface area (Å²) in [4.78, 5) is 7.69. The maximum atomic E-state index is 13.9. The van der Waals surface area contributed by atoms with Gasteiger partial charge in [0.25, 0.3) is 0 Å². The molecule has 0 aliphatic rings. The largest absolute Gasteiger partial charge is 0.392 e. The van der Waals surface area contributed by atoms with Crippen LogP contribution in [-0.4, -0.2) is 39.0 Å². The van der Waals surface area contributed by atoms with Gasteiger partial charge in [0.1, 0.15) is 11.5 Å². The van der Waals surface area contributed by atoms with E-state index in [1.807, 2.05) is 13.8 Å². The predicted molar refractivity (Wildman–Crippen MR) is 88.5 cm³/mol. The number of methoxy groups -OCH3 is 1. The molecule has 0 spiro atoms. The zero-order valence-corrected chi connectivity index (χ0v) is 14.1. The van der Waals surface area contributed by atoms with E-state index in [2.05, 4.69) is 15.9 Å². The molecule has 2 rings (SSSR count). The quantitative estimate of drug-likeness (QED) is 0.643. The fourth-order valence-corrected chi connectivity index (χ4v) is 2.20. The Bertz CT molecular complexity index is 708. The smallest absolute Gasteiger partial charge is 0.226 e. The number of aryl methyl sites for hydroxylation is 1. The Hall–Kier alpha value is -1.88. The number of fused-ring (bicyclic) bond motifs is 1. The summed E-state index contributed by atoms with van der Waals surface area (Å²) in [6.07, 6.45) is 6.88. The highest BCUT2D eigenvalue weighted by Crippen LogP contribution is 2.26. The van der Waals surface area contributed by atoms with Crippen molar-refractivity contribution in [3.05, 3.63) is 17.3 Å². The van der Waals surface area contributed by atoms with Crippen LogP contribution in [0.1, 0.15) is 20.3 Å². The van der Waals surface area contributed by atoms with Gasteiger partial charge in [-0.2, -0.15) is 4.98 Å². The molecule has 1 atom stereocenters.